The number of aromatic nitrogens is 2. The van der Waals surface area contributed by atoms with Crippen LogP contribution in [-0.4, -0.2) is 9.13 Å². The van der Waals surface area contributed by atoms with Crippen LogP contribution in [0.25, 0.3) is 66.1 Å². The molecule has 0 radical (unpaired) electrons. The third-order valence-corrected chi connectivity index (χ3v) is 10.1. The predicted molar refractivity (Wildman–Crippen MR) is 194 cm³/mol. The number of alkyl halides is 9. The first-order chi connectivity index (χ1) is 25.9. The maximum atomic E-state index is 14.8. The van der Waals surface area contributed by atoms with E-state index in [1.165, 1.54) is 52.5 Å². The lowest BCUT2D eigenvalue weighted by Gasteiger charge is -2.21. The van der Waals surface area contributed by atoms with E-state index in [1.807, 2.05) is 0 Å². The van der Waals surface area contributed by atoms with Crippen LogP contribution in [0.3, 0.4) is 0 Å². The molecule has 2 aromatic heterocycles. The molecule has 2 heterocycles. The molecule has 8 rings (SSSR count). The fourth-order valence-corrected chi connectivity index (χ4v) is 7.64. The van der Waals surface area contributed by atoms with Gasteiger partial charge in [0.2, 0.25) is 0 Å². The highest BCUT2D eigenvalue weighted by Gasteiger charge is 2.36. The molecule has 0 aliphatic carbocycles. The molecule has 0 unspecified atom stereocenters. The van der Waals surface area contributed by atoms with Crippen molar-refractivity contribution in [1.29, 1.82) is 5.26 Å². The summed E-state index contributed by atoms with van der Waals surface area (Å²) in [5, 5.41) is 12.8. The second-order valence-electron chi connectivity index (χ2n) is 13.7. The Hall–Kier alpha value is -6.22. The Morgan fingerprint density at radius 1 is 0.491 bits per heavy atom. The van der Waals surface area contributed by atoms with Gasteiger partial charge in [-0.15, -0.1) is 0 Å². The third kappa shape index (κ3) is 5.77. The van der Waals surface area contributed by atoms with Gasteiger partial charge in [-0.05, 0) is 103 Å². The highest BCUT2D eigenvalue weighted by atomic mass is 19.4. The second-order valence-corrected chi connectivity index (χ2v) is 13.7. The Morgan fingerprint density at radius 2 is 0.909 bits per heavy atom. The van der Waals surface area contributed by atoms with E-state index in [9.17, 15) is 44.8 Å². The summed E-state index contributed by atoms with van der Waals surface area (Å²) in [6.07, 6.45) is -14.4. The van der Waals surface area contributed by atoms with Gasteiger partial charge >= 0.3 is 18.5 Å². The summed E-state index contributed by atoms with van der Waals surface area (Å²) >= 11 is 0. The van der Waals surface area contributed by atoms with Gasteiger partial charge in [0.1, 0.15) is 11.6 Å². The van der Waals surface area contributed by atoms with Crippen LogP contribution in [0, 0.1) is 32.1 Å². The van der Waals surface area contributed by atoms with Crippen molar-refractivity contribution in [3.63, 3.8) is 0 Å². The van der Waals surface area contributed by atoms with E-state index >= 15 is 0 Å². The Morgan fingerprint density at radius 3 is 1.31 bits per heavy atom. The summed E-state index contributed by atoms with van der Waals surface area (Å²) in [4.78, 5) is 0. The molecule has 0 fully saturated rings. The number of hydrogen-bond donors (Lipinski definition) is 0. The predicted octanol–water partition coefficient (Wildman–Crippen LogP) is 13.4. The van der Waals surface area contributed by atoms with E-state index in [0.29, 0.717) is 43.7 Å². The van der Waals surface area contributed by atoms with E-state index in [4.69, 9.17) is 0 Å². The van der Waals surface area contributed by atoms with Gasteiger partial charge in [-0.2, -0.15) is 44.8 Å². The van der Waals surface area contributed by atoms with Crippen LogP contribution in [0.15, 0.2) is 103 Å². The number of aryl methyl sites for hydroxylation is 3. The number of nitriles is 1. The summed E-state index contributed by atoms with van der Waals surface area (Å²) in [7, 11) is 0. The van der Waals surface area contributed by atoms with Gasteiger partial charge < -0.3 is 9.13 Å². The summed E-state index contributed by atoms with van der Waals surface area (Å²) in [6.45, 7) is 5.00. The highest BCUT2D eigenvalue weighted by Crippen LogP contribution is 2.45. The number of nitrogens with zero attached hydrogens (tertiary/aromatic N) is 3. The van der Waals surface area contributed by atoms with Crippen LogP contribution in [0.2, 0.25) is 0 Å². The van der Waals surface area contributed by atoms with Crippen molar-refractivity contribution in [2.24, 2.45) is 0 Å². The van der Waals surface area contributed by atoms with Gasteiger partial charge in [0.15, 0.2) is 0 Å². The van der Waals surface area contributed by atoms with Crippen molar-refractivity contribution in [2.45, 2.75) is 39.3 Å². The lowest BCUT2D eigenvalue weighted by Crippen LogP contribution is -2.10. The minimum absolute atomic E-state index is 0.0216. The SMILES string of the molecule is Cc1ccc2c3ccc(C(F)(F)F)cc3n(-c3cc(-c4c(C)cccc4C(F)(F)F)cc(-n4c5cc(C)ccc5c5ccc(C(F)(F)F)cc54)c3C#N)c2c1. The van der Waals surface area contributed by atoms with Crippen molar-refractivity contribution in [1.82, 2.24) is 9.13 Å². The maximum absolute atomic E-state index is 14.8. The van der Waals surface area contributed by atoms with Crippen LogP contribution in [-0.2, 0) is 18.5 Å². The van der Waals surface area contributed by atoms with Gasteiger partial charge in [0.05, 0.1) is 50.1 Å². The number of rotatable bonds is 3. The summed E-state index contributed by atoms with van der Waals surface area (Å²) in [5.74, 6) is 0. The van der Waals surface area contributed by atoms with E-state index in [2.05, 4.69) is 6.07 Å². The van der Waals surface area contributed by atoms with E-state index in [-0.39, 0.29) is 44.7 Å². The highest BCUT2D eigenvalue weighted by molar-refractivity contribution is 6.11. The monoisotopic (exact) mass is 755 g/mol. The number of halogens is 9. The zero-order chi connectivity index (χ0) is 39.4. The molecule has 0 spiro atoms. The lowest BCUT2D eigenvalue weighted by molar-refractivity contribution is -0.138. The molecule has 0 N–H and O–H groups in total. The molecule has 0 aliphatic rings. The van der Waals surface area contributed by atoms with Crippen molar-refractivity contribution < 1.29 is 39.5 Å². The van der Waals surface area contributed by atoms with Crippen molar-refractivity contribution in [3.8, 4) is 28.6 Å². The molecule has 0 bridgehead atoms. The van der Waals surface area contributed by atoms with Crippen LogP contribution in [0.5, 0.6) is 0 Å². The maximum Gasteiger partial charge on any atom is 0.417 e. The normalized spacial score (nSPS) is 12.7. The zero-order valence-corrected chi connectivity index (χ0v) is 29.1. The van der Waals surface area contributed by atoms with Gasteiger partial charge in [-0.1, -0.05) is 48.5 Å². The van der Waals surface area contributed by atoms with E-state index < -0.39 is 35.2 Å². The fourth-order valence-electron chi connectivity index (χ4n) is 7.64. The average molecular weight is 756 g/mol. The van der Waals surface area contributed by atoms with E-state index in [0.717, 1.165) is 30.3 Å². The smallest absolute Gasteiger partial charge is 0.308 e. The molecule has 0 saturated heterocycles. The first-order valence-corrected chi connectivity index (χ1v) is 16.9. The molecular weight excluding hydrogens is 729 g/mol. The Kier molecular flexibility index (Phi) is 7.90. The molecule has 0 amide bonds. The second kappa shape index (κ2) is 12.1. The van der Waals surface area contributed by atoms with Gasteiger partial charge in [-0.3, -0.25) is 0 Å². The van der Waals surface area contributed by atoms with Crippen molar-refractivity contribution >= 4 is 43.6 Å². The number of fused-ring (bicyclic) bond motifs is 6. The molecule has 276 valence electrons. The third-order valence-electron chi connectivity index (χ3n) is 10.1. The van der Waals surface area contributed by atoms with Crippen LogP contribution >= 0.6 is 0 Å². The van der Waals surface area contributed by atoms with Crippen molar-refractivity contribution in [2.75, 3.05) is 0 Å². The minimum atomic E-state index is -4.85. The fraction of sp³-hybridized carbons (Fsp3) is 0.140. The van der Waals surface area contributed by atoms with Crippen molar-refractivity contribution in [3.05, 3.63) is 142 Å². The molecule has 8 aromatic rings. The molecule has 12 heteroatoms. The van der Waals surface area contributed by atoms with E-state index in [1.54, 1.807) is 50.2 Å². The molecule has 6 aromatic carbocycles. The summed E-state index contributed by atoms with van der Waals surface area (Å²) < 4.78 is 133. The topological polar surface area (TPSA) is 33.6 Å². The Labute approximate surface area is 307 Å². The Bertz CT molecular complexity index is 2770. The zero-order valence-electron chi connectivity index (χ0n) is 29.1. The molecule has 0 saturated carbocycles. The first kappa shape index (κ1) is 35.8. The molecule has 55 heavy (non-hydrogen) atoms. The molecule has 0 atom stereocenters. The Balaban J connectivity index is 1.62. The summed E-state index contributed by atoms with van der Waals surface area (Å²) in [6, 6.07) is 25.1. The van der Waals surface area contributed by atoms with Crippen LogP contribution < -0.4 is 0 Å². The molecular formula is C43H26F9N3. The minimum Gasteiger partial charge on any atom is -0.308 e. The number of hydrogen-bond acceptors (Lipinski definition) is 1. The lowest BCUT2D eigenvalue weighted by atomic mass is 9.92. The average Bonchev–Trinajstić information content (AvgIpc) is 3.60. The molecule has 3 nitrogen and oxygen atoms in total. The molecule has 0 aliphatic heterocycles. The standard InChI is InChI=1S/C43H26F9N3/c1-22-7-11-28-30-13-9-26(41(44,45)46)19-38(30)54(34(28)15-22)36-17-25(40-24(3)5-4-6-33(40)43(50,51)52)18-37(32(36)21-53)55-35-16-23(2)8-12-29(35)31-14-10-27(20-39(31)55)42(47,48)49/h4-20H,1-3H3. The summed E-state index contributed by atoms with van der Waals surface area (Å²) in [5.41, 5.74) is -1.24. The van der Waals surface area contributed by atoms with Crippen LogP contribution in [0.1, 0.15) is 38.9 Å². The largest absolute Gasteiger partial charge is 0.417 e. The van der Waals surface area contributed by atoms with Gasteiger partial charge in [0.25, 0.3) is 0 Å². The van der Waals surface area contributed by atoms with Gasteiger partial charge in [0, 0.05) is 21.5 Å². The number of benzene rings is 6. The van der Waals surface area contributed by atoms with Gasteiger partial charge in [-0.25, -0.2) is 0 Å². The first-order valence-electron chi connectivity index (χ1n) is 16.9. The quantitative estimate of drug-likeness (QED) is 0.165. The van der Waals surface area contributed by atoms with Crippen LogP contribution in [0.4, 0.5) is 39.5 Å².